The molecule has 0 aromatic carbocycles. The molecule has 2 aliphatic heterocycles. The quantitative estimate of drug-likeness (QED) is 0.789. The molecule has 0 radical (unpaired) electrons. The molecule has 1 amide bonds. The van der Waals surface area contributed by atoms with Crippen molar-refractivity contribution in [3.63, 3.8) is 0 Å². The third-order valence-electron chi connectivity index (χ3n) is 3.81. The van der Waals surface area contributed by atoms with Crippen molar-refractivity contribution in [3.05, 3.63) is 24.4 Å². The van der Waals surface area contributed by atoms with Gasteiger partial charge in [-0.05, 0) is 39.3 Å². The Balaban J connectivity index is 1.66. The second-order valence-corrected chi connectivity index (χ2v) is 6.52. The monoisotopic (exact) mass is 275 g/mol. The number of nitrogens with zero attached hydrogens (tertiary/aromatic N) is 3. The number of likely N-dealkylation sites (tertiary alicyclic amines) is 1. The minimum atomic E-state index is -0.431. The van der Waals surface area contributed by atoms with Crippen LogP contribution in [0.2, 0.25) is 0 Å². The van der Waals surface area contributed by atoms with Crippen LogP contribution >= 0.6 is 0 Å². The zero-order valence-corrected chi connectivity index (χ0v) is 12.2. The maximum atomic E-state index is 12.2. The standard InChI is InChI=1S/C15H21N3O2/c1-15(2,3)20-14(19)18-10-11-8-12(18)9-17(11)13-6-4-5-7-16-13/h4-7,11-12H,8-10H2,1-3H3. The number of hydrogen-bond acceptors (Lipinski definition) is 4. The predicted octanol–water partition coefficient (Wildman–Crippen LogP) is 2.28. The molecule has 0 spiro atoms. The summed E-state index contributed by atoms with van der Waals surface area (Å²) in [6, 6.07) is 6.56. The zero-order valence-electron chi connectivity index (χ0n) is 12.2. The Bertz CT molecular complexity index is 498. The number of rotatable bonds is 1. The first-order chi connectivity index (χ1) is 9.44. The second kappa shape index (κ2) is 4.65. The number of anilines is 1. The van der Waals surface area contributed by atoms with Crippen molar-refractivity contribution in [2.45, 2.75) is 44.9 Å². The first kappa shape index (κ1) is 13.2. The van der Waals surface area contributed by atoms with E-state index in [1.54, 1.807) is 0 Å². The minimum absolute atomic E-state index is 0.189. The average Bonchev–Trinajstić information content (AvgIpc) is 2.97. The van der Waals surface area contributed by atoms with Crippen LogP contribution in [0, 0.1) is 0 Å². The highest BCUT2D eigenvalue weighted by molar-refractivity contribution is 5.70. The summed E-state index contributed by atoms with van der Waals surface area (Å²) in [5.74, 6) is 1.00. The van der Waals surface area contributed by atoms with Crippen molar-refractivity contribution in [3.8, 4) is 0 Å². The average molecular weight is 275 g/mol. The van der Waals surface area contributed by atoms with Gasteiger partial charge >= 0.3 is 6.09 Å². The van der Waals surface area contributed by atoms with E-state index in [0.29, 0.717) is 6.04 Å². The number of amides is 1. The Morgan fingerprint density at radius 2 is 2.10 bits per heavy atom. The van der Waals surface area contributed by atoms with Gasteiger partial charge in [-0.2, -0.15) is 0 Å². The number of piperazine rings is 1. The highest BCUT2D eigenvalue weighted by Gasteiger charge is 2.46. The molecule has 2 fully saturated rings. The fourth-order valence-electron chi connectivity index (χ4n) is 3.02. The summed E-state index contributed by atoms with van der Waals surface area (Å²) >= 11 is 0. The van der Waals surface area contributed by atoms with E-state index < -0.39 is 5.60 Å². The van der Waals surface area contributed by atoms with Crippen LogP contribution in [0.15, 0.2) is 24.4 Å². The van der Waals surface area contributed by atoms with Crippen molar-refractivity contribution in [2.75, 3.05) is 18.0 Å². The Kier molecular flexibility index (Phi) is 3.07. The first-order valence-corrected chi connectivity index (χ1v) is 7.11. The molecule has 0 N–H and O–H groups in total. The highest BCUT2D eigenvalue weighted by Crippen LogP contribution is 2.34. The molecule has 3 heterocycles. The smallest absolute Gasteiger partial charge is 0.410 e. The van der Waals surface area contributed by atoms with Crippen LogP contribution in [-0.4, -0.2) is 46.8 Å². The van der Waals surface area contributed by atoms with E-state index in [1.165, 1.54) is 0 Å². The first-order valence-electron chi connectivity index (χ1n) is 7.11. The van der Waals surface area contributed by atoms with Gasteiger partial charge in [0.2, 0.25) is 0 Å². The van der Waals surface area contributed by atoms with Gasteiger partial charge in [-0.25, -0.2) is 9.78 Å². The number of pyridine rings is 1. The van der Waals surface area contributed by atoms with E-state index in [4.69, 9.17) is 4.74 Å². The number of hydrogen-bond donors (Lipinski definition) is 0. The van der Waals surface area contributed by atoms with E-state index in [1.807, 2.05) is 50.1 Å². The fourth-order valence-corrected chi connectivity index (χ4v) is 3.02. The summed E-state index contributed by atoms with van der Waals surface area (Å²) in [7, 11) is 0. The largest absolute Gasteiger partial charge is 0.444 e. The molecule has 5 heteroatoms. The Morgan fingerprint density at radius 1 is 1.30 bits per heavy atom. The lowest BCUT2D eigenvalue weighted by Crippen LogP contribution is -2.50. The Morgan fingerprint density at radius 3 is 2.65 bits per heavy atom. The van der Waals surface area contributed by atoms with Crippen LogP contribution in [-0.2, 0) is 4.74 Å². The Hall–Kier alpha value is -1.78. The summed E-state index contributed by atoms with van der Waals surface area (Å²) in [6.07, 6.45) is 2.63. The lowest BCUT2D eigenvalue weighted by atomic mass is 10.2. The Labute approximate surface area is 119 Å². The van der Waals surface area contributed by atoms with Gasteiger partial charge in [0, 0.05) is 19.3 Å². The topological polar surface area (TPSA) is 45.7 Å². The molecule has 3 rings (SSSR count). The van der Waals surface area contributed by atoms with Crippen molar-refractivity contribution in [1.29, 1.82) is 0 Å². The third-order valence-corrected chi connectivity index (χ3v) is 3.81. The molecule has 2 aliphatic rings. The van der Waals surface area contributed by atoms with Crippen LogP contribution in [0.25, 0.3) is 0 Å². The summed E-state index contributed by atoms with van der Waals surface area (Å²) in [5, 5.41) is 0. The molecule has 0 aliphatic carbocycles. The van der Waals surface area contributed by atoms with Crippen molar-refractivity contribution >= 4 is 11.9 Å². The lowest BCUT2D eigenvalue weighted by Gasteiger charge is -2.35. The fraction of sp³-hybridized carbons (Fsp3) is 0.600. The van der Waals surface area contributed by atoms with Gasteiger partial charge in [-0.1, -0.05) is 6.07 Å². The minimum Gasteiger partial charge on any atom is -0.444 e. The van der Waals surface area contributed by atoms with Crippen LogP contribution < -0.4 is 4.90 Å². The molecular weight excluding hydrogens is 254 g/mol. The molecule has 0 saturated carbocycles. The number of aromatic nitrogens is 1. The van der Waals surface area contributed by atoms with E-state index >= 15 is 0 Å². The molecule has 20 heavy (non-hydrogen) atoms. The van der Waals surface area contributed by atoms with Gasteiger partial charge in [0.05, 0.1) is 12.1 Å². The second-order valence-electron chi connectivity index (χ2n) is 6.52. The van der Waals surface area contributed by atoms with Gasteiger partial charge in [0.1, 0.15) is 11.4 Å². The number of carbonyl (C=O) groups is 1. The molecule has 1 aromatic heterocycles. The van der Waals surface area contributed by atoms with Crippen LogP contribution in [0.3, 0.4) is 0 Å². The van der Waals surface area contributed by atoms with Crippen LogP contribution in [0.4, 0.5) is 10.6 Å². The van der Waals surface area contributed by atoms with Gasteiger partial charge in [0.15, 0.2) is 0 Å². The summed E-state index contributed by atoms with van der Waals surface area (Å²) in [6.45, 7) is 7.29. The van der Waals surface area contributed by atoms with Crippen molar-refractivity contribution in [1.82, 2.24) is 9.88 Å². The molecule has 2 unspecified atom stereocenters. The molecule has 108 valence electrons. The molecule has 5 nitrogen and oxygen atoms in total. The maximum Gasteiger partial charge on any atom is 0.410 e. The zero-order chi connectivity index (χ0) is 14.3. The molecule has 2 saturated heterocycles. The molecule has 1 aromatic rings. The summed E-state index contributed by atoms with van der Waals surface area (Å²) in [5.41, 5.74) is -0.431. The summed E-state index contributed by atoms with van der Waals surface area (Å²) in [4.78, 5) is 20.7. The van der Waals surface area contributed by atoms with Crippen LogP contribution in [0.1, 0.15) is 27.2 Å². The molecular formula is C15H21N3O2. The van der Waals surface area contributed by atoms with E-state index in [9.17, 15) is 4.79 Å². The number of carbonyl (C=O) groups excluding carboxylic acids is 1. The highest BCUT2D eigenvalue weighted by atomic mass is 16.6. The van der Waals surface area contributed by atoms with Gasteiger partial charge in [-0.3, -0.25) is 0 Å². The normalized spacial score (nSPS) is 25.1. The maximum absolute atomic E-state index is 12.2. The van der Waals surface area contributed by atoms with E-state index in [2.05, 4.69) is 9.88 Å². The lowest BCUT2D eigenvalue weighted by molar-refractivity contribution is 0.0214. The van der Waals surface area contributed by atoms with Crippen molar-refractivity contribution < 1.29 is 9.53 Å². The van der Waals surface area contributed by atoms with Gasteiger partial charge in [-0.15, -0.1) is 0 Å². The van der Waals surface area contributed by atoms with Gasteiger partial charge in [0.25, 0.3) is 0 Å². The van der Waals surface area contributed by atoms with Crippen LogP contribution in [0.5, 0.6) is 0 Å². The van der Waals surface area contributed by atoms with E-state index in [-0.39, 0.29) is 12.1 Å². The molecule has 2 atom stereocenters. The third kappa shape index (κ3) is 2.44. The molecule has 2 bridgehead atoms. The number of fused-ring (bicyclic) bond motifs is 2. The van der Waals surface area contributed by atoms with Crippen molar-refractivity contribution in [2.24, 2.45) is 0 Å². The SMILES string of the molecule is CC(C)(C)OC(=O)N1CC2CC1CN2c1ccccn1. The number of ether oxygens (including phenoxy) is 1. The van der Waals surface area contributed by atoms with E-state index in [0.717, 1.165) is 25.3 Å². The predicted molar refractivity (Wildman–Crippen MR) is 76.7 cm³/mol. The summed E-state index contributed by atoms with van der Waals surface area (Å²) < 4.78 is 5.47. The van der Waals surface area contributed by atoms with Gasteiger partial charge < -0.3 is 14.5 Å².